The fourth-order valence-corrected chi connectivity index (χ4v) is 1.92. The van der Waals surface area contributed by atoms with E-state index >= 15 is 0 Å². The van der Waals surface area contributed by atoms with Crippen molar-refractivity contribution in [2.24, 2.45) is 0 Å². The van der Waals surface area contributed by atoms with Gasteiger partial charge in [0.2, 0.25) is 5.88 Å². The second-order valence-corrected chi connectivity index (χ2v) is 4.68. The van der Waals surface area contributed by atoms with Gasteiger partial charge in [-0.25, -0.2) is 9.97 Å². The number of halogens is 2. The van der Waals surface area contributed by atoms with Crippen molar-refractivity contribution in [3.05, 3.63) is 39.7 Å². The van der Waals surface area contributed by atoms with Crippen LogP contribution in [-0.4, -0.2) is 23.4 Å². The third-order valence-electron chi connectivity index (χ3n) is 2.25. The Bertz CT molecular complexity index is 622. The van der Waals surface area contributed by atoms with Crippen molar-refractivity contribution < 1.29 is 14.3 Å². The molecule has 1 aromatic carbocycles. The first kappa shape index (κ1) is 13.8. The molecule has 0 bridgehead atoms. The van der Waals surface area contributed by atoms with Crippen molar-refractivity contribution in [1.29, 1.82) is 0 Å². The van der Waals surface area contributed by atoms with Crippen LogP contribution in [0, 0.1) is 0 Å². The summed E-state index contributed by atoms with van der Waals surface area (Å²) in [5, 5.41) is 0.278. The molecule has 0 atom stereocenters. The zero-order chi connectivity index (χ0) is 13.8. The van der Waals surface area contributed by atoms with Gasteiger partial charge in [0.25, 0.3) is 0 Å². The largest absolute Gasteiger partial charge is 0.493 e. The maximum Gasteiger partial charge on any atom is 0.241 e. The summed E-state index contributed by atoms with van der Waals surface area (Å²) < 4.78 is 11.3. The summed E-state index contributed by atoms with van der Waals surface area (Å²) in [5.41, 5.74) is 0.456. The Morgan fingerprint density at radius 2 is 2.16 bits per heavy atom. The number of ether oxygens (including phenoxy) is 2. The summed E-state index contributed by atoms with van der Waals surface area (Å²) in [5.74, 6) is 1.00. The van der Waals surface area contributed by atoms with Gasteiger partial charge >= 0.3 is 0 Å². The number of hydrogen-bond donors (Lipinski definition) is 0. The molecule has 5 nitrogen and oxygen atoms in total. The summed E-state index contributed by atoms with van der Waals surface area (Å²) in [6.45, 7) is 0. The minimum absolute atomic E-state index is 0.209. The number of aldehydes is 1. The highest BCUT2D eigenvalue weighted by molar-refractivity contribution is 9.10. The summed E-state index contributed by atoms with van der Waals surface area (Å²) in [6.07, 6.45) is 3.46. The third kappa shape index (κ3) is 3.02. The molecule has 0 aliphatic heterocycles. The van der Waals surface area contributed by atoms with E-state index in [1.165, 1.54) is 19.6 Å². The average Bonchev–Trinajstić information content (AvgIpc) is 2.42. The van der Waals surface area contributed by atoms with E-state index < -0.39 is 0 Å². The number of methoxy groups -OCH3 is 1. The minimum Gasteiger partial charge on any atom is -0.493 e. The molecule has 0 aliphatic carbocycles. The number of carbonyl (C=O) groups is 1. The Hall–Kier alpha value is -1.66. The van der Waals surface area contributed by atoms with E-state index in [0.29, 0.717) is 27.8 Å². The maximum atomic E-state index is 10.9. The zero-order valence-corrected chi connectivity index (χ0v) is 12.1. The van der Waals surface area contributed by atoms with E-state index in [0.717, 1.165) is 0 Å². The summed E-state index contributed by atoms with van der Waals surface area (Å²) >= 11 is 9.18. The molecule has 2 aromatic rings. The lowest BCUT2D eigenvalue weighted by Crippen LogP contribution is -1.95. The molecule has 0 spiro atoms. The van der Waals surface area contributed by atoms with Crippen LogP contribution in [-0.2, 0) is 0 Å². The lowest BCUT2D eigenvalue weighted by Gasteiger charge is -2.11. The van der Waals surface area contributed by atoms with Crippen molar-refractivity contribution in [3.63, 3.8) is 0 Å². The van der Waals surface area contributed by atoms with Crippen LogP contribution in [0.4, 0.5) is 0 Å². The molecule has 0 radical (unpaired) electrons. The van der Waals surface area contributed by atoms with Crippen LogP contribution in [0.5, 0.6) is 17.4 Å². The van der Waals surface area contributed by atoms with Gasteiger partial charge in [-0.2, -0.15) is 0 Å². The quantitative estimate of drug-likeness (QED) is 0.795. The molecule has 1 aromatic heterocycles. The lowest BCUT2D eigenvalue weighted by molar-refractivity contribution is 0.112. The standard InChI is InChI=1S/C12H8BrClN2O3/c1-18-10-2-7(5-17)8(13)3-11(10)19-12-9(14)4-15-6-16-12/h2-6H,1H3. The molecule has 98 valence electrons. The van der Waals surface area contributed by atoms with Gasteiger partial charge in [0.1, 0.15) is 11.3 Å². The SMILES string of the molecule is COc1cc(C=O)c(Br)cc1Oc1ncncc1Cl. The first-order valence-corrected chi connectivity index (χ1v) is 6.29. The zero-order valence-electron chi connectivity index (χ0n) is 9.76. The summed E-state index contributed by atoms with van der Waals surface area (Å²) in [7, 11) is 1.48. The number of rotatable bonds is 4. The molecule has 1 heterocycles. The predicted molar refractivity (Wildman–Crippen MR) is 73.2 cm³/mol. The molecule has 0 unspecified atom stereocenters. The van der Waals surface area contributed by atoms with Crippen LogP contribution in [0.25, 0.3) is 0 Å². The first-order chi connectivity index (χ1) is 9.15. The number of benzene rings is 1. The molecule has 19 heavy (non-hydrogen) atoms. The molecule has 2 rings (SSSR count). The van der Waals surface area contributed by atoms with Gasteiger partial charge < -0.3 is 9.47 Å². The van der Waals surface area contributed by atoms with E-state index in [1.807, 2.05) is 0 Å². The van der Waals surface area contributed by atoms with Crippen molar-refractivity contribution in [3.8, 4) is 17.4 Å². The van der Waals surface area contributed by atoms with Crippen LogP contribution in [0.1, 0.15) is 10.4 Å². The Labute approximate surface area is 122 Å². The van der Waals surface area contributed by atoms with Gasteiger partial charge in [0.15, 0.2) is 17.8 Å². The Morgan fingerprint density at radius 1 is 1.37 bits per heavy atom. The van der Waals surface area contributed by atoms with Gasteiger partial charge in [-0.15, -0.1) is 0 Å². The molecular weight excluding hydrogens is 336 g/mol. The number of hydrogen-bond acceptors (Lipinski definition) is 5. The van der Waals surface area contributed by atoms with Gasteiger partial charge in [-0.3, -0.25) is 4.79 Å². The number of aromatic nitrogens is 2. The highest BCUT2D eigenvalue weighted by Crippen LogP contribution is 2.36. The molecule has 0 aliphatic rings. The highest BCUT2D eigenvalue weighted by Gasteiger charge is 2.13. The summed E-state index contributed by atoms with van der Waals surface area (Å²) in [4.78, 5) is 18.5. The van der Waals surface area contributed by atoms with E-state index in [9.17, 15) is 4.79 Å². The molecule has 0 fully saturated rings. The third-order valence-corrected chi connectivity index (χ3v) is 3.20. The Morgan fingerprint density at radius 3 is 2.79 bits per heavy atom. The topological polar surface area (TPSA) is 61.3 Å². The molecule has 0 amide bonds. The number of carbonyl (C=O) groups excluding carboxylic acids is 1. The molecular formula is C12H8BrClN2O3. The van der Waals surface area contributed by atoms with E-state index in [1.54, 1.807) is 12.1 Å². The molecule has 7 heteroatoms. The highest BCUT2D eigenvalue weighted by atomic mass is 79.9. The van der Waals surface area contributed by atoms with Crippen LogP contribution < -0.4 is 9.47 Å². The normalized spacial score (nSPS) is 10.1. The predicted octanol–water partition coefficient (Wildman–Crippen LogP) is 3.51. The first-order valence-electron chi connectivity index (χ1n) is 5.11. The molecule has 0 saturated heterocycles. The Kier molecular flexibility index (Phi) is 4.34. The van der Waals surface area contributed by atoms with Crippen molar-refractivity contribution >= 4 is 33.8 Å². The van der Waals surface area contributed by atoms with Crippen molar-refractivity contribution in [2.45, 2.75) is 0 Å². The summed E-state index contributed by atoms with van der Waals surface area (Å²) in [6, 6.07) is 3.17. The fraction of sp³-hybridized carbons (Fsp3) is 0.0833. The van der Waals surface area contributed by atoms with Gasteiger partial charge in [0.05, 0.1) is 13.3 Å². The molecule has 0 saturated carbocycles. The smallest absolute Gasteiger partial charge is 0.241 e. The number of nitrogens with zero attached hydrogens (tertiary/aromatic N) is 2. The minimum atomic E-state index is 0.209. The van der Waals surface area contributed by atoms with Gasteiger partial charge in [-0.05, 0) is 28.1 Å². The van der Waals surface area contributed by atoms with Gasteiger partial charge in [-0.1, -0.05) is 11.6 Å². The second-order valence-electron chi connectivity index (χ2n) is 3.42. The monoisotopic (exact) mass is 342 g/mol. The maximum absolute atomic E-state index is 10.9. The van der Waals surface area contributed by atoms with Gasteiger partial charge in [0, 0.05) is 10.0 Å². The van der Waals surface area contributed by atoms with E-state index in [4.69, 9.17) is 21.1 Å². The van der Waals surface area contributed by atoms with Crippen LogP contribution in [0.2, 0.25) is 5.02 Å². The molecule has 0 N–H and O–H groups in total. The second kappa shape index (κ2) is 5.99. The van der Waals surface area contributed by atoms with Crippen LogP contribution >= 0.6 is 27.5 Å². The van der Waals surface area contributed by atoms with E-state index in [-0.39, 0.29) is 10.9 Å². The van der Waals surface area contributed by atoms with Crippen LogP contribution in [0.3, 0.4) is 0 Å². The average molecular weight is 344 g/mol. The van der Waals surface area contributed by atoms with Crippen molar-refractivity contribution in [1.82, 2.24) is 9.97 Å². The van der Waals surface area contributed by atoms with E-state index in [2.05, 4.69) is 25.9 Å². The fourth-order valence-electron chi connectivity index (χ4n) is 1.36. The Balaban J connectivity index is 2.42. The van der Waals surface area contributed by atoms with Crippen molar-refractivity contribution in [2.75, 3.05) is 7.11 Å². The van der Waals surface area contributed by atoms with Crippen LogP contribution in [0.15, 0.2) is 29.1 Å². The lowest BCUT2D eigenvalue weighted by atomic mass is 10.2.